The second kappa shape index (κ2) is 5.87. The first-order valence-electron chi connectivity index (χ1n) is 6.43. The van der Waals surface area contributed by atoms with Gasteiger partial charge in [-0.1, -0.05) is 13.0 Å². The summed E-state index contributed by atoms with van der Waals surface area (Å²) in [7, 11) is 1.62. The number of nitrogens with one attached hydrogen (secondary N) is 2. The van der Waals surface area contributed by atoms with Gasteiger partial charge in [0.15, 0.2) is 0 Å². The number of anilines is 1. The van der Waals surface area contributed by atoms with Crippen molar-refractivity contribution in [2.75, 3.05) is 25.5 Å². The molecular formula is C14H20N2O2. The highest BCUT2D eigenvalue weighted by Gasteiger charge is 2.23. The first kappa shape index (κ1) is 12.9. The highest BCUT2D eigenvalue weighted by atomic mass is 16.5. The molecule has 0 saturated carbocycles. The van der Waals surface area contributed by atoms with E-state index in [2.05, 4.69) is 17.6 Å². The molecular weight excluding hydrogens is 228 g/mol. The van der Waals surface area contributed by atoms with E-state index in [0.717, 1.165) is 31.6 Å². The van der Waals surface area contributed by atoms with Crippen molar-refractivity contribution in [3.63, 3.8) is 0 Å². The average Bonchev–Trinajstić information content (AvgIpc) is 2.92. The molecule has 1 unspecified atom stereocenters. The lowest BCUT2D eigenvalue weighted by Crippen LogP contribution is -2.24. The summed E-state index contributed by atoms with van der Waals surface area (Å²) in [6.45, 7) is 3.78. The third kappa shape index (κ3) is 2.82. The van der Waals surface area contributed by atoms with E-state index in [9.17, 15) is 4.79 Å². The minimum Gasteiger partial charge on any atom is -0.495 e. The highest BCUT2D eigenvalue weighted by molar-refractivity contribution is 5.94. The number of hydrogen-bond acceptors (Lipinski definition) is 3. The zero-order chi connectivity index (χ0) is 13.0. The molecule has 18 heavy (non-hydrogen) atoms. The largest absolute Gasteiger partial charge is 0.495 e. The summed E-state index contributed by atoms with van der Waals surface area (Å²) in [6, 6.07) is 5.91. The average molecular weight is 248 g/mol. The highest BCUT2D eigenvalue weighted by Crippen LogP contribution is 2.26. The Bertz CT molecular complexity index is 426. The Labute approximate surface area is 108 Å². The van der Waals surface area contributed by atoms with Crippen LogP contribution in [0.5, 0.6) is 5.75 Å². The number of carbonyl (C=O) groups excluding carboxylic acids is 1. The van der Waals surface area contributed by atoms with E-state index in [1.54, 1.807) is 7.11 Å². The van der Waals surface area contributed by atoms with Gasteiger partial charge in [-0.25, -0.2) is 0 Å². The normalized spacial score (nSPS) is 18.7. The molecule has 1 amide bonds. The van der Waals surface area contributed by atoms with Gasteiger partial charge in [0.05, 0.1) is 18.7 Å². The minimum atomic E-state index is 0.0694. The summed E-state index contributed by atoms with van der Waals surface area (Å²) in [5.41, 5.74) is 1.96. The fourth-order valence-corrected chi connectivity index (χ4v) is 2.19. The Hall–Kier alpha value is -1.55. The van der Waals surface area contributed by atoms with Crippen molar-refractivity contribution >= 4 is 11.6 Å². The van der Waals surface area contributed by atoms with E-state index in [0.29, 0.717) is 5.75 Å². The molecule has 0 spiro atoms. The van der Waals surface area contributed by atoms with Crippen molar-refractivity contribution in [1.82, 2.24) is 5.32 Å². The molecule has 2 rings (SSSR count). The molecule has 1 aromatic carbocycles. The fourth-order valence-electron chi connectivity index (χ4n) is 2.19. The Balaban J connectivity index is 2.13. The van der Waals surface area contributed by atoms with Crippen LogP contribution in [0, 0.1) is 5.92 Å². The predicted molar refractivity (Wildman–Crippen MR) is 72.0 cm³/mol. The number of aryl methyl sites for hydroxylation is 1. The van der Waals surface area contributed by atoms with Crippen LogP contribution in [0.1, 0.15) is 18.9 Å². The SMILES string of the molecule is CCc1ccc(OC)c(NC(=O)C2CCNC2)c1. The first-order valence-corrected chi connectivity index (χ1v) is 6.43. The third-order valence-electron chi connectivity index (χ3n) is 3.36. The van der Waals surface area contributed by atoms with Gasteiger partial charge in [-0.15, -0.1) is 0 Å². The summed E-state index contributed by atoms with van der Waals surface area (Å²) < 4.78 is 5.28. The number of methoxy groups -OCH3 is 1. The molecule has 0 aromatic heterocycles. The van der Waals surface area contributed by atoms with Gasteiger partial charge in [-0.05, 0) is 37.1 Å². The van der Waals surface area contributed by atoms with Gasteiger partial charge in [0.2, 0.25) is 5.91 Å². The molecule has 98 valence electrons. The summed E-state index contributed by atoms with van der Waals surface area (Å²) in [4.78, 5) is 12.1. The Morgan fingerprint density at radius 3 is 3.00 bits per heavy atom. The van der Waals surface area contributed by atoms with Gasteiger partial charge in [-0.3, -0.25) is 4.79 Å². The molecule has 1 aliphatic heterocycles. The second-order valence-corrected chi connectivity index (χ2v) is 4.57. The van der Waals surface area contributed by atoms with Gasteiger partial charge in [0.25, 0.3) is 0 Å². The van der Waals surface area contributed by atoms with E-state index in [1.165, 1.54) is 5.56 Å². The van der Waals surface area contributed by atoms with Gasteiger partial charge in [-0.2, -0.15) is 0 Å². The summed E-state index contributed by atoms with van der Waals surface area (Å²) in [6.07, 6.45) is 1.85. The number of amides is 1. The number of benzene rings is 1. The number of rotatable bonds is 4. The molecule has 0 aliphatic carbocycles. The zero-order valence-corrected chi connectivity index (χ0v) is 11.0. The van der Waals surface area contributed by atoms with Crippen molar-refractivity contribution in [1.29, 1.82) is 0 Å². The van der Waals surface area contributed by atoms with Crippen LogP contribution in [0.15, 0.2) is 18.2 Å². The molecule has 2 N–H and O–H groups in total. The molecule has 4 heteroatoms. The lowest BCUT2D eigenvalue weighted by Gasteiger charge is -2.14. The predicted octanol–water partition coefficient (Wildman–Crippen LogP) is 1.81. The lowest BCUT2D eigenvalue weighted by molar-refractivity contribution is -0.119. The van der Waals surface area contributed by atoms with Crippen LogP contribution >= 0.6 is 0 Å². The third-order valence-corrected chi connectivity index (χ3v) is 3.36. The standard InChI is InChI=1S/C14H20N2O2/c1-3-10-4-5-13(18-2)12(8-10)16-14(17)11-6-7-15-9-11/h4-5,8,11,15H,3,6-7,9H2,1-2H3,(H,16,17). The Morgan fingerprint density at radius 2 is 2.39 bits per heavy atom. The maximum Gasteiger partial charge on any atom is 0.228 e. The number of carbonyl (C=O) groups is 1. The molecule has 1 heterocycles. The number of ether oxygens (including phenoxy) is 1. The summed E-state index contributed by atoms with van der Waals surface area (Å²) in [5.74, 6) is 0.859. The van der Waals surface area contributed by atoms with Crippen LogP contribution in [-0.2, 0) is 11.2 Å². The molecule has 4 nitrogen and oxygen atoms in total. The van der Waals surface area contributed by atoms with Crippen LogP contribution in [0.2, 0.25) is 0 Å². The van der Waals surface area contributed by atoms with E-state index < -0.39 is 0 Å². The molecule has 1 aromatic rings. The Kier molecular flexibility index (Phi) is 4.20. The van der Waals surface area contributed by atoms with Crippen molar-refractivity contribution in [2.24, 2.45) is 5.92 Å². The molecule has 1 atom stereocenters. The Morgan fingerprint density at radius 1 is 1.56 bits per heavy atom. The topological polar surface area (TPSA) is 50.4 Å². The van der Waals surface area contributed by atoms with E-state index >= 15 is 0 Å². The molecule has 1 fully saturated rings. The molecule has 0 radical (unpaired) electrons. The van der Waals surface area contributed by atoms with Gasteiger partial charge in [0.1, 0.15) is 5.75 Å². The van der Waals surface area contributed by atoms with Crippen LogP contribution in [0.4, 0.5) is 5.69 Å². The van der Waals surface area contributed by atoms with Gasteiger partial charge in [0, 0.05) is 6.54 Å². The van der Waals surface area contributed by atoms with E-state index in [-0.39, 0.29) is 11.8 Å². The van der Waals surface area contributed by atoms with Crippen LogP contribution in [-0.4, -0.2) is 26.1 Å². The maximum atomic E-state index is 12.1. The van der Waals surface area contributed by atoms with Crippen molar-refractivity contribution in [3.05, 3.63) is 23.8 Å². The maximum absolute atomic E-state index is 12.1. The van der Waals surface area contributed by atoms with Crippen molar-refractivity contribution in [2.45, 2.75) is 19.8 Å². The van der Waals surface area contributed by atoms with E-state index in [4.69, 9.17) is 4.74 Å². The molecule has 0 bridgehead atoms. The van der Waals surface area contributed by atoms with Crippen LogP contribution < -0.4 is 15.4 Å². The fraction of sp³-hybridized carbons (Fsp3) is 0.500. The lowest BCUT2D eigenvalue weighted by atomic mass is 10.1. The van der Waals surface area contributed by atoms with Gasteiger partial charge >= 0.3 is 0 Å². The smallest absolute Gasteiger partial charge is 0.228 e. The summed E-state index contributed by atoms with van der Waals surface area (Å²) >= 11 is 0. The van der Waals surface area contributed by atoms with Crippen molar-refractivity contribution in [3.8, 4) is 5.75 Å². The molecule has 1 aliphatic rings. The molecule has 1 saturated heterocycles. The zero-order valence-electron chi connectivity index (χ0n) is 11.0. The second-order valence-electron chi connectivity index (χ2n) is 4.57. The minimum absolute atomic E-state index is 0.0694. The summed E-state index contributed by atoms with van der Waals surface area (Å²) in [5, 5.41) is 6.17. The van der Waals surface area contributed by atoms with Crippen molar-refractivity contribution < 1.29 is 9.53 Å². The van der Waals surface area contributed by atoms with Crippen LogP contribution in [0.25, 0.3) is 0 Å². The van der Waals surface area contributed by atoms with Crippen LogP contribution in [0.3, 0.4) is 0 Å². The van der Waals surface area contributed by atoms with E-state index in [1.807, 2.05) is 18.2 Å². The van der Waals surface area contributed by atoms with Gasteiger partial charge < -0.3 is 15.4 Å². The first-order chi connectivity index (χ1) is 8.74. The number of hydrogen-bond donors (Lipinski definition) is 2. The monoisotopic (exact) mass is 248 g/mol. The quantitative estimate of drug-likeness (QED) is 0.854.